The van der Waals surface area contributed by atoms with Crippen LogP contribution in [0.5, 0.6) is 0 Å². The maximum absolute atomic E-state index is 13.3. The number of nitrogens with one attached hydrogen (secondary N) is 1. The largest absolute Gasteiger partial charge is 0.481 e. The molecule has 2 aliphatic heterocycles. The van der Waals surface area contributed by atoms with E-state index in [0.717, 1.165) is 37.4 Å². The number of para-hydroxylation sites is 1. The van der Waals surface area contributed by atoms with Gasteiger partial charge < -0.3 is 10.4 Å². The van der Waals surface area contributed by atoms with E-state index in [-0.39, 0.29) is 23.7 Å². The lowest BCUT2D eigenvalue weighted by Gasteiger charge is -2.28. The van der Waals surface area contributed by atoms with Crippen LogP contribution >= 0.6 is 0 Å². The number of carboxylic acids is 1. The van der Waals surface area contributed by atoms with Gasteiger partial charge >= 0.3 is 12.1 Å². The van der Waals surface area contributed by atoms with Gasteiger partial charge in [0.15, 0.2) is 11.9 Å². The summed E-state index contributed by atoms with van der Waals surface area (Å²) in [5.41, 5.74) is 0.986. The molecule has 38 heavy (non-hydrogen) atoms. The molecule has 3 aliphatic rings. The van der Waals surface area contributed by atoms with Crippen molar-refractivity contribution in [2.24, 2.45) is 10.9 Å². The average Bonchev–Trinajstić information content (AvgIpc) is 3.32. The lowest BCUT2D eigenvalue weighted by molar-refractivity contribution is -0.138. The van der Waals surface area contributed by atoms with Gasteiger partial charge in [0.2, 0.25) is 6.67 Å². The topological polar surface area (TPSA) is 87.9 Å². The molecule has 1 saturated carbocycles. The predicted molar refractivity (Wildman–Crippen MR) is 138 cm³/mol. The summed E-state index contributed by atoms with van der Waals surface area (Å²) in [4.78, 5) is 31.7. The molecule has 10 heteroatoms. The number of rotatable bonds is 6. The summed E-state index contributed by atoms with van der Waals surface area (Å²) >= 11 is 0. The van der Waals surface area contributed by atoms with Crippen molar-refractivity contribution < 1.29 is 27.9 Å². The third-order valence-corrected chi connectivity index (χ3v) is 7.24. The van der Waals surface area contributed by atoms with Gasteiger partial charge in [-0.15, -0.1) is 0 Å². The SMILES string of the molecule is O=C(O)CC1CCC(c2ccc(N3C=CC4=NC(C(=O)Nc5ccccc5C(F)(F)F)=C[N+]4C3)cc2)CC1. The van der Waals surface area contributed by atoms with E-state index in [1.165, 1.54) is 30.0 Å². The van der Waals surface area contributed by atoms with Crippen molar-refractivity contribution in [2.45, 2.75) is 44.2 Å². The molecule has 2 aromatic rings. The Bertz CT molecular complexity index is 1310. The van der Waals surface area contributed by atoms with E-state index in [2.05, 4.69) is 22.4 Å². The third-order valence-electron chi connectivity index (χ3n) is 7.24. The summed E-state index contributed by atoms with van der Waals surface area (Å²) in [6.07, 6.45) is 4.61. The Kier molecular flexibility index (Phi) is 7.07. The highest BCUT2D eigenvalue weighted by molar-refractivity contribution is 6.10. The molecule has 2 heterocycles. The highest BCUT2D eigenvalue weighted by Crippen LogP contribution is 2.38. The van der Waals surface area contributed by atoms with Crippen molar-refractivity contribution in [2.75, 3.05) is 16.9 Å². The van der Waals surface area contributed by atoms with Crippen molar-refractivity contribution in [1.29, 1.82) is 0 Å². The molecule has 1 fully saturated rings. The Hall–Kier alpha value is -3.92. The number of benzene rings is 2. The fraction of sp³-hybridized carbons (Fsp3) is 0.321. The zero-order valence-corrected chi connectivity index (χ0v) is 20.5. The van der Waals surface area contributed by atoms with Crippen molar-refractivity contribution in [3.63, 3.8) is 0 Å². The fourth-order valence-electron chi connectivity index (χ4n) is 5.23. The number of halogens is 3. The smallest absolute Gasteiger partial charge is 0.418 e. The van der Waals surface area contributed by atoms with Crippen LogP contribution in [0.25, 0.3) is 0 Å². The first kappa shape index (κ1) is 25.7. The van der Waals surface area contributed by atoms with Gasteiger partial charge in [0.05, 0.1) is 11.3 Å². The van der Waals surface area contributed by atoms with E-state index in [1.54, 1.807) is 11.0 Å². The minimum atomic E-state index is -4.59. The summed E-state index contributed by atoms with van der Waals surface area (Å²) in [6, 6.07) is 13.1. The van der Waals surface area contributed by atoms with Crippen LogP contribution in [0.4, 0.5) is 24.5 Å². The van der Waals surface area contributed by atoms with Crippen LogP contribution in [-0.2, 0) is 15.8 Å². The lowest BCUT2D eigenvalue weighted by Crippen LogP contribution is -2.41. The maximum atomic E-state index is 13.3. The summed E-state index contributed by atoms with van der Waals surface area (Å²) in [7, 11) is 0. The number of hydrogen-bond acceptors (Lipinski definition) is 5. The molecular formula is C28H27F3N4O3+. The highest BCUT2D eigenvalue weighted by Gasteiger charge is 2.37. The molecule has 2 N–H and O–H groups in total. The molecule has 0 aromatic heterocycles. The average molecular weight is 525 g/mol. The minimum Gasteiger partial charge on any atom is -0.481 e. The van der Waals surface area contributed by atoms with E-state index in [9.17, 15) is 22.8 Å². The molecule has 1 aliphatic carbocycles. The first-order chi connectivity index (χ1) is 18.2. The number of amides is 1. The van der Waals surface area contributed by atoms with Crippen LogP contribution < -0.4 is 15.1 Å². The van der Waals surface area contributed by atoms with Gasteiger partial charge in [0.25, 0.3) is 11.7 Å². The number of carbonyl (C=O) groups is 2. The monoisotopic (exact) mass is 524 g/mol. The normalized spacial score (nSPS) is 21.5. The van der Waals surface area contributed by atoms with Crippen molar-refractivity contribution >= 4 is 29.1 Å². The Balaban J connectivity index is 1.21. The molecule has 0 bridgehead atoms. The van der Waals surface area contributed by atoms with Gasteiger partial charge in [-0.2, -0.15) is 18.2 Å². The number of carbonyl (C=O) groups excluding carboxylic acids is 1. The van der Waals surface area contributed by atoms with Gasteiger partial charge in [-0.3, -0.25) is 14.5 Å². The number of alkyl halides is 3. The van der Waals surface area contributed by atoms with Gasteiger partial charge in [0, 0.05) is 24.4 Å². The molecule has 0 unspecified atom stereocenters. The molecule has 5 rings (SSSR count). The number of amidine groups is 1. The van der Waals surface area contributed by atoms with E-state index in [0.29, 0.717) is 18.4 Å². The molecule has 0 saturated heterocycles. The number of carboxylic acid groups (broad SMARTS) is 1. The third kappa shape index (κ3) is 5.65. The summed E-state index contributed by atoms with van der Waals surface area (Å²) < 4.78 is 39.8. The fourth-order valence-corrected chi connectivity index (χ4v) is 5.23. The zero-order chi connectivity index (χ0) is 26.9. The number of aliphatic carboxylic acids is 1. The van der Waals surface area contributed by atoms with Gasteiger partial charge in [-0.1, -0.05) is 29.2 Å². The zero-order valence-electron chi connectivity index (χ0n) is 20.5. The summed E-state index contributed by atoms with van der Waals surface area (Å²) in [6.45, 7) is 0.394. The Morgan fingerprint density at radius 3 is 2.45 bits per heavy atom. The van der Waals surface area contributed by atoms with Crippen LogP contribution in [0.3, 0.4) is 0 Å². The first-order valence-electron chi connectivity index (χ1n) is 12.5. The second-order valence-electron chi connectivity index (χ2n) is 9.79. The van der Waals surface area contributed by atoms with E-state index in [4.69, 9.17) is 5.11 Å². The first-order valence-corrected chi connectivity index (χ1v) is 12.5. The van der Waals surface area contributed by atoms with E-state index in [1.807, 2.05) is 23.2 Å². The number of fused-ring (bicyclic) bond motifs is 1. The van der Waals surface area contributed by atoms with Crippen LogP contribution in [0.15, 0.2) is 77.7 Å². The number of anilines is 2. The molecule has 0 spiro atoms. The van der Waals surface area contributed by atoms with Crippen molar-refractivity contribution in [3.05, 3.63) is 83.8 Å². The Labute approximate surface area is 218 Å². The van der Waals surface area contributed by atoms with Gasteiger partial charge in [-0.05, 0) is 67.3 Å². The lowest BCUT2D eigenvalue weighted by atomic mass is 9.77. The predicted octanol–water partition coefficient (Wildman–Crippen LogP) is 5.78. The van der Waals surface area contributed by atoms with Gasteiger partial charge in [-0.25, -0.2) is 0 Å². The molecule has 0 atom stereocenters. The maximum Gasteiger partial charge on any atom is 0.418 e. The Morgan fingerprint density at radius 1 is 1.05 bits per heavy atom. The second-order valence-corrected chi connectivity index (χ2v) is 9.79. The van der Waals surface area contributed by atoms with Crippen molar-refractivity contribution in [3.8, 4) is 0 Å². The van der Waals surface area contributed by atoms with Crippen LogP contribution in [0.2, 0.25) is 0 Å². The quantitative estimate of drug-likeness (QED) is 0.469. The summed E-state index contributed by atoms with van der Waals surface area (Å²) in [5, 5.41) is 11.3. The number of nitrogens with zero attached hydrogens (tertiary/aromatic N) is 3. The molecular weight excluding hydrogens is 497 g/mol. The summed E-state index contributed by atoms with van der Waals surface area (Å²) in [5.74, 6) is -0.226. The Morgan fingerprint density at radius 2 is 1.76 bits per heavy atom. The van der Waals surface area contributed by atoms with Gasteiger partial charge in [0.1, 0.15) is 0 Å². The van der Waals surface area contributed by atoms with E-state index < -0.39 is 23.6 Å². The molecule has 7 nitrogen and oxygen atoms in total. The molecule has 197 valence electrons. The standard InChI is InChI=1S/C28H27F3N4O3/c29-28(30,31)22-3-1-2-4-23(22)33-27(38)24-16-35-17-34(14-13-25(35)32-24)21-11-9-20(10-12-21)19-7-5-18(6-8-19)15-26(36)37/h1-4,9-14,16,18-19H,5-8,15,17H2,(H,33,38)(H,36,37)/q+1. The number of aliphatic imine (C=N–C) groups is 1. The molecule has 2 aromatic carbocycles. The van der Waals surface area contributed by atoms with Crippen LogP contribution in [0, 0.1) is 5.92 Å². The van der Waals surface area contributed by atoms with E-state index >= 15 is 0 Å². The number of hydrogen-bond donors (Lipinski definition) is 2. The molecule has 1 radical (unpaired) electrons. The highest BCUT2D eigenvalue weighted by atomic mass is 19.4. The second kappa shape index (κ2) is 10.4. The molecule has 1 amide bonds. The van der Waals surface area contributed by atoms with Crippen LogP contribution in [0.1, 0.15) is 49.1 Å². The van der Waals surface area contributed by atoms with Crippen LogP contribution in [-0.4, -0.2) is 29.5 Å². The minimum absolute atomic E-state index is 0.0253. The van der Waals surface area contributed by atoms with Crippen molar-refractivity contribution in [1.82, 2.24) is 4.90 Å².